The normalized spacial score (nSPS) is 17.5. The Hall–Kier alpha value is -3.46. The Morgan fingerprint density at radius 1 is 1.16 bits per heavy atom. The van der Waals surface area contributed by atoms with Crippen molar-refractivity contribution in [1.82, 2.24) is 4.90 Å². The third-order valence-electron chi connectivity index (χ3n) is 5.04. The summed E-state index contributed by atoms with van der Waals surface area (Å²) in [5, 5.41) is 5.08. The van der Waals surface area contributed by atoms with Crippen LogP contribution >= 0.6 is 11.8 Å². The van der Waals surface area contributed by atoms with Gasteiger partial charge in [-0.25, -0.2) is 18.6 Å². The Balaban J connectivity index is 1.66. The predicted molar refractivity (Wildman–Crippen MR) is 118 cm³/mol. The van der Waals surface area contributed by atoms with E-state index in [1.54, 1.807) is 29.4 Å². The Morgan fingerprint density at radius 3 is 2.59 bits per heavy atom. The number of fused-ring (bicyclic) bond motifs is 1. The van der Waals surface area contributed by atoms with Crippen LogP contribution in [-0.2, 0) is 14.3 Å². The van der Waals surface area contributed by atoms with E-state index in [4.69, 9.17) is 4.74 Å². The minimum absolute atomic E-state index is 0.0251. The highest BCUT2D eigenvalue weighted by Gasteiger charge is 2.41. The molecule has 0 saturated carbocycles. The Morgan fingerprint density at radius 2 is 1.91 bits per heavy atom. The zero-order valence-corrected chi connectivity index (χ0v) is 18.1. The van der Waals surface area contributed by atoms with E-state index in [2.05, 4.69) is 10.3 Å². The Bertz CT molecular complexity index is 1180. The molecule has 4 rings (SSSR count). The molecule has 9 heteroatoms. The van der Waals surface area contributed by atoms with Gasteiger partial charge in [0.1, 0.15) is 11.6 Å². The number of ether oxygens (including phenoxy) is 1. The third kappa shape index (κ3) is 4.29. The maximum atomic E-state index is 14.1. The monoisotopic (exact) mass is 455 g/mol. The number of nitrogens with zero attached hydrogens (tertiary/aromatic N) is 2. The topological polar surface area (TPSA) is 71.0 Å². The van der Waals surface area contributed by atoms with Crippen LogP contribution in [0, 0.1) is 11.6 Å². The van der Waals surface area contributed by atoms with Crippen molar-refractivity contribution < 1.29 is 23.1 Å². The van der Waals surface area contributed by atoms with Crippen molar-refractivity contribution in [2.45, 2.75) is 19.4 Å². The molecule has 0 saturated heterocycles. The number of allylic oxidation sites excluding steroid dienone is 1. The summed E-state index contributed by atoms with van der Waals surface area (Å²) in [4.78, 5) is 31.6. The molecule has 2 heterocycles. The van der Waals surface area contributed by atoms with Crippen LogP contribution < -0.4 is 5.32 Å². The third-order valence-corrected chi connectivity index (χ3v) is 5.93. The van der Waals surface area contributed by atoms with Gasteiger partial charge in [-0.2, -0.15) is 0 Å². The van der Waals surface area contributed by atoms with E-state index < -0.39 is 23.6 Å². The SMILES string of the molecule is COC(=O)C1=C(C)N=C2SC=C(CC(=O)Nc3ccc(F)cc3)N2C1c1cccc(F)c1. The second-order valence-corrected chi connectivity index (χ2v) is 8.01. The van der Waals surface area contributed by atoms with Gasteiger partial charge in [0.05, 0.1) is 30.8 Å². The number of amidine groups is 1. The van der Waals surface area contributed by atoms with Crippen molar-refractivity contribution in [3.8, 4) is 0 Å². The largest absolute Gasteiger partial charge is 0.466 e. The second-order valence-electron chi connectivity index (χ2n) is 7.17. The van der Waals surface area contributed by atoms with E-state index >= 15 is 0 Å². The minimum atomic E-state index is -0.703. The maximum Gasteiger partial charge on any atom is 0.338 e. The van der Waals surface area contributed by atoms with Crippen molar-refractivity contribution in [1.29, 1.82) is 0 Å². The molecule has 0 spiro atoms. The number of aliphatic imine (C=N–C) groups is 1. The van der Waals surface area contributed by atoms with E-state index in [1.165, 1.54) is 55.3 Å². The number of carbonyl (C=O) groups excluding carboxylic acids is 2. The van der Waals surface area contributed by atoms with Gasteiger partial charge in [0.15, 0.2) is 5.17 Å². The zero-order chi connectivity index (χ0) is 22.8. The van der Waals surface area contributed by atoms with Gasteiger partial charge in [-0.3, -0.25) is 4.79 Å². The lowest BCUT2D eigenvalue weighted by Crippen LogP contribution is -2.37. The fourth-order valence-corrected chi connectivity index (χ4v) is 4.60. The molecule has 0 aromatic heterocycles. The molecule has 0 aliphatic carbocycles. The van der Waals surface area contributed by atoms with Crippen molar-refractivity contribution in [3.63, 3.8) is 0 Å². The molecule has 2 aromatic carbocycles. The molecule has 164 valence electrons. The molecule has 2 aromatic rings. The number of nitrogens with one attached hydrogen (secondary N) is 1. The standard InChI is InChI=1S/C23H19F2N3O3S/c1-13-20(22(30)31-2)21(14-4-3-5-16(25)10-14)28-18(12-32-23(28)26-13)11-19(29)27-17-8-6-15(24)7-9-17/h3-10,12,21H,11H2,1-2H3,(H,27,29). The highest BCUT2D eigenvalue weighted by molar-refractivity contribution is 8.16. The van der Waals surface area contributed by atoms with Crippen LogP contribution in [0.15, 0.2) is 75.9 Å². The summed E-state index contributed by atoms with van der Waals surface area (Å²) in [6.07, 6.45) is -0.0251. The highest BCUT2D eigenvalue weighted by Crippen LogP contribution is 2.44. The Labute approximate surface area is 187 Å². The molecule has 0 bridgehead atoms. The first-order valence-corrected chi connectivity index (χ1v) is 10.6. The van der Waals surface area contributed by atoms with Gasteiger partial charge in [-0.1, -0.05) is 23.9 Å². The predicted octanol–water partition coefficient (Wildman–Crippen LogP) is 4.74. The molecule has 1 unspecified atom stereocenters. The van der Waals surface area contributed by atoms with Crippen LogP contribution in [0.5, 0.6) is 0 Å². The summed E-state index contributed by atoms with van der Waals surface area (Å²) in [5.74, 6) is -1.75. The molecule has 2 aliphatic heterocycles. The summed E-state index contributed by atoms with van der Waals surface area (Å²) in [6, 6.07) is 10.7. The van der Waals surface area contributed by atoms with Crippen LogP contribution in [-0.4, -0.2) is 29.1 Å². The number of halogens is 2. The van der Waals surface area contributed by atoms with Gasteiger partial charge in [0.25, 0.3) is 0 Å². The first-order chi connectivity index (χ1) is 15.4. The molecule has 1 N–H and O–H groups in total. The number of hydrogen-bond acceptors (Lipinski definition) is 6. The van der Waals surface area contributed by atoms with E-state index in [0.717, 1.165) is 0 Å². The van der Waals surface area contributed by atoms with Crippen LogP contribution in [0.1, 0.15) is 24.9 Å². The highest BCUT2D eigenvalue weighted by atomic mass is 32.2. The van der Waals surface area contributed by atoms with Crippen molar-refractivity contribution in [2.24, 2.45) is 4.99 Å². The lowest BCUT2D eigenvalue weighted by Gasteiger charge is -2.36. The summed E-state index contributed by atoms with van der Waals surface area (Å²) >= 11 is 1.32. The maximum absolute atomic E-state index is 14.1. The fourth-order valence-electron chi connectivity index (χ4n) is 3.64. The van der Waals surface area contributed by atoms with Crippen LogP contribution in [0.3, 0.4) is 0 Å². The van der Waals surface area contributed by atoms with Gasteiger partial charge < -0.3 is 15.0 Å². The number of hydrogen-bond donors (Lipinski definition) is 1. The quantitative estimate of drug-likeness (QED) is 0.660. The number of methoxy groups -OCH3 is 1. The molecule has 32 heavy (non-hydrogen) atoms. The number of thioether (sulfide) groups is 1. The van der Waals surface area contributed by atoms with E-state index in [1.807, 2.05) is 0 Å². The first-order valence-electron chi connectivity index (χ1n) is 9.71. The van der Waals surface area contributed by atoms with E-state index in [9.17, 15) is 18.4 Å². The molecular formula is C23H19F2N3O3S. The van der Waals surface area contributed by atoms with Crippen molar-refractivity contribution >= 4 is 34.5 Å². The van der Waals surface area contributed by atoms with Gasteiger partial charge in [-0.05, 0) is 54.3 Å². The molecule has 1 atom stereocenters. The summed E-state index contributed by atoms with van der Waals surface area (Å²) in [6.45, 7) is 1.70. The number of rotatable bonds is 5. The first kappa shape index (κ1) is 21.8. The van der Waals surface area contributed by atoms with Crippen LogP contribution in [0.25, 0.3) is 0 Å². The number of carbonyl (C=O) groups is 2. The minimum Gasteiger partial charge on any atom is -0.466 e. The number of amides is 1. The molecular weight excluding hydrogens is 436 g/mol. The summed E-state index contributed by atoms with van der Waals surface area (Å²) in [5.41, 5.74) is 2.33. The number of anilines is 1. The van der Waals surface area contributed by atoms with Crippen molar-refractivity contribution in [3.05, 3.63) is 88.1 Å². The van der Waals surface area contributed by atoms with Gasteiger partial charge >= 0.3 is 5.97 Å². The van der Waals surface area contributed by atoms with Gasteiger partial charge in [0.2, 0.25) is 5.91 Å². The van der Waals surface area contributed by atoms with Crippen LogP contribution in [0.4, 0.5) is 14.5 Å². The lowest BCUT2D eigenvalue weighted by molar-refractivity contribution is -0.136. The van der Waals surface area contributed by atoms with Gasteiger partial charge in [0, 0.05) is 11.4 Å². The molecule has 0 fully saturated rings. The average molecular weight is 455 g/mol. The van der Waals surface area contributed by atoms with Crippen molar-refractivity contribution in [2.75, 3.05) is 12.4 Å². The number of benzene rings is 2. The molecule has 0 radical (unpaired) electrons. The molecule has 6 nitrogen and oxygen atoms in total. The van der Waals surface area contributed by atoms with E-state index in [-0.39, 0.29) is 17.9 Å². The lowest BCUT2D eigenvalue weighted by atomic mass is 9.94. The zero-order valence-electron chi connectivity index (χ0n) is 17.3. The average Bonchev–Trinajstić information content (AvgIpc) is 3.15. The molecule has 2 aliphatic rings. The smallest absolute Gasteiger partial charge is 0.338 e. The van der Waals surface area contributed by atoms with E-state index in [0.29, 0.717) is 27.8 Å². The second kappa shape index (κ2) is 8.96. The number of esters is 1. The summed E-state index contributed by atoms with van der Waals surface area (Å²) in [7, 11) is 1.27. The van der Waals surface area contributed by atoms with Crippen LogP contribution in [0.2, 0.25) is 0 Å². The van der Waals surface area contributed by atoms with Gasteiger partial charge in [-0.15, -0.1) is 0 Å². The Kier molecular flexibility index (Phi) is 6.09. The summed E-state index contributed by atoms with van der Waals surface area (Å²) < 4.78 is 32.2. The molecule has 1 amide bonds. The fraction of sp³-hybridized carbons (Fsp3) is 0.174.